The van der Waals surface area contributed by atoms with Crippen LogP contribution >= 0.6 is 11.3 Å². The molecule has 3 heterocycles. The minimum atomic E-state index is -3.70. The van der Waals surface area contributed by atoms with E-state index in [1.807, 2.05) is 0 Å². The molecule has 1 unspecified atom stereocenters. The lowest BCUT2D eigenvalue weighted by atomic mass is 10.1. The van der Waals surface area contributed by atoms with E-state index in [4.69, 9.17) is 0 Å². The first-order valence-corrected chi connectivity index (χ1v) is 10.9. The van der Waals surface area contributed by atoms with Gasteiger partial charge in [-0.15, -0.1) is 11.3 Å². The van der Waals surface area contributed by atoms with Crippen molar-refractivity contribution in [2.45, 2.75) is 36.4 Å². The van der Waals surface area contributed by atoms with E-state index < -0.39 is 22.0 Å². The van der Waals surface area contributed by atoms with E-state index in [-0.39, 0.29) is 4.21 Å². The van der Waals surface area contributed by atoms with Crippen LogP contribution in [0.5, 0.6) is 0 Å². The summed E-state index contributed by atoms with van der Waals surface area (Å²) in [5.41, 5.74) is 0.599. The highest BCUT2D eigenvalue weighted by Crippen LogP contribution is 2.26. The Labute approximate surface area is 157 Å². The van der Waals surface area contributed by atoms with Gasteiger partial charge in [0.2, 0.25) is 5.91 Å². The molecule has 0 spiro atoms. The summed E-state index contributed by atoms with van der Waals surface area (Å²) in [4.78, 5) is 19.1. The standard InChI is InChI=1S/C17H22N4O3S2/c1-13(20-26(23,24)15-8-6-12-25-15)17(22)19-14-7-5-9-18-16(14)21-10-3-2-4-11-21/h5-9,12-13,20H,2-4,10-11H2,1H3,(H,19,22). The molecule has 7 nitrogen and oxygen atoms in total. The van der Waals surface area contributed by atoms with Crippen molar-refractivity contribution in [3.63, 3.8) is 0 Å². The van der Waals surface area contributed by atoms with Gasteiger partial charge < -0.3 is 10.2 Å². The number of piperidine rings is 1. The molecule has 26 heavy (non-hydrogen) atoms. The molecule has 1 atom stereocenters. The summed E-state index contributed by atoms with van der Waals surface area (Å²) < 4.78 is 27.1. The maximum absolute atomic E-state index is 12.5. The highest BCUT2D eigenvalue weighted by atomic mass is 32.2. The lowest BCUT2D eigenvalue weighted by Gasteiger charge is -2.29. The number of anilines is 2. The fourth-order valence-corrected chi connectivity index (χ4v) is 5.07. The van der Waals surface area contributed by atoms with Crippen LogP contribution in [-0.4, -0.2) is 38.4 Å². The van der Waals surface area contributed by atoms with Crippen LogP contribution in [0, 0.1) is 0 Å². The summed E-state index contributed by atoms with van der Waals surface area (Å²) in [6.07, 6.45) is 5.09. The first-order valence-electron chi connectivity index (χ1n) is 8.54. The van der Waals surface area contributed by atoms with E-state index in [0.717, 1.165) is 43.1 Å². The SMILES string of the molecule is CC(NS(=O)(=O)c1cccs1)C(=O)Nc1cccnc1N1CCCCC1. The third-order valence-electron chi connectivity index (χ3n) is 4.19. The van der Waals surface area contributed by atoms with Crippen molar-refractivity contribution in [1.29, 1.82) is 0 Å². The van der Waals surface area contributed by atoms with Gasteiger partial charge >= 0.3 is 0 Å². The molecule has 0 saturated carbocycles. The number of carbonyl (C=O) groups is 1. The number of pyridine rings is 1. The Hall–Kier alpha value is -1.97. The molecule has 0 radical (unpaired) electrons. The van der Waals surface area contributed by atoms with Crippen LogP contribution in [0.2, 0.25) is 0 Å². The topological polar surface area (TPSA) is 91.4 Å². The number of aromatic nitrogens is 1. The third-order valence-corrected chi connectivity index (χ3v) is 7.12. The molecule has 3 rings (SSSR count). The largest absolute Gasteiger partial charge is 0.355 e. The quantitative estimate of drug-likeness (QED) is 0.785. The smallest absolute Gasteiger partial charge is 0.250 e. The first-order chi connectivity index (χ1) is 12.5. The highest BCUT2D eigenvalue weighted by molar-refractivity contribution is 7.91. The average molecular weight is 395 g/mol. The van der Waals surface area contributed by atoms with Crippen LogP contribution in [0.25, 0.3) is 0 Å². The van der Waals surface area contributed by atoms with Gasteiger partial charge in [-0.05, 0) is 49.8 Å². The maximum Gasteiger partial charge on any atom is 0.250 e. The van der Waals surface area contributed by atoms with Gasteiger partial charge in [0.05, 0.1) is 11.7 Å². The predicted molar refractivity (Wildman–Crippen MR) is 103 cm³/mol. The summed E-state index contributed by atoms with van der Waals surface area (Å²) in [6, 6.07) is 5.80. The number of sulfonamides is 1. The van der Waals surface area contributed by atoms with E-state index in [1.165, 1.54) is 19.4 Å². The highest BCUT2D eigenvalue weighted by Gasteiger charge is 2.24. The maximum atomic E-state index is 12.5. The predicted octanol–water partition coefficient (Wildman–Crippen LogP) is 2.44. The molecule has 0 aromatic carbocycles. The van der Waals surface area contributed by atoms with Gasteiger partial charge in [0.1, 0.15) is 4.21 Å². The number of hydrogen-bond acceptors (Lipinski definition) is 6. The molecule has 1 saturated heterocycles. The van der Waals surface area contributed by atoms with E-state index in [2.05, 4.69) is 19.9 Å². The molecule has 0 bridgehead atoms. The Morgan fingerprint density at radius 1 is 1.23 bits per heavy atom. The summed E-state index contributed by atoms with van der Waals surface area (Å²) >= 11 is 1.11. The summed E-state index contributed by atoms with van der Waals surface area (Å²) in [6.45, 7) is 3.33. The van der Waals surface area contributed by atoms with Crippen LogP contribution in [0.4, 0.5) is 11.5 Å². The molecule has 1 fully saturated rings. The second-order valence-corrected chi connectivity index (χ2v) is 9.08. The Balaban J connectivity index is 1.70. The van der Waals surface area contributed by atoms with E-state index in [9.17, 15) is 13.2 Å². The fourth-order valence-electron chi connectivity index (χ4n) is 2.85. The zero-order valence-electron chi connectivity index (χ0n) is 14.5. The monoisotopic (exact) mass is 394 g/mol. The van der Waals surface area contributed by atoms with Crippen molar-refractivity contribution in [1.82, 2.24) is 9.71 Å². The Kier molecular flexibility index (Phi) is 5.90. The van der Waals surface area contributed by atoms with Gasteiger partial charge in [0.15, 0.2) is 5.82 Å². The fraction of sp³-hybridized carbons (Fsp3) is 0.412. The van der Waals surface area contributed by atoms with Gasteiger partial charge in [-0.1, -0.05) is 6.07 Å². The second-order valence-electron chi connectivity index (χ2n) is 6.19. The van der Waals surface area contributed by atoms with Crippen molar-refractivity contribution in [2.75, 3.05) is 23.3 Å². The van der Waals surface area contributed by atoms with E-state index in [1.54, 1.807) is 29.8 Å². The van der Waals surface area contributed by atoms with Crippen LogP contribution in [0.1, 0.15) is 26.2 Å². The number of hydrogen-bond donors (Lipinski definition) is 2. The number of carbonyl (C=O) groups excluding carboxylic acids is 1. The van der Waals surface area contributed by atoms with Gasteiger partial charge in [-0.25, -0.2) is 13.4 Å². The first kappa shape index (κ1) is 18.8. The molecule has 1 aliphatic rings. The van der Waals surface area contributed by atoms with Gasteiger partial charge in [-0.3, -0.25) is 4.79 Å². The molecule has 1 amide bonds. The Morgan fingerprint density at radius 2 is 2.00 bits per heavy atom. The molecular weight excluding hydrogens is 372 g/mol. The van der Waals surface area contributed by atoms with Crippen molar-refractivity contribution in [2.24, 2.45) is 0 Å². The van der Waals surface area contributed by atoms with Crippen molar-refractivity contribution >= 4 is 38.8 Å². The zero-order chi connectivity index (χ0) is 18.6. The number of amides is 1. The number of rotatable bonds is 6. The lowest BCUT2D eigenvalue weighted by Crippen LogP contribution is -2.41. The minimum absolute atomic E-state index is 0.188. The number of thiophene rings is 1. The van der Waals surface area contributed by atoms with Crippen LogP contribution < -0.4 is 14.9 Å². The molecule has 1 aliphatic heterocycles. The third kappa shape index (κ3) is 4.40. The van der Waals surface area contributed by atoms with E-state index in [0.29, 0.717) is 5.69 Å². The summed E-state index contributed by atoms with van der Waals surface area (Å²) in [5, 5.41) is 4.49. The van der Waals surface area contributed by atoms with Gasteiger partial charge in [0, 0.05) is 19.3 Å². The molecule has 0 aliphatic carbocycles. The molecule has 140 valence electrons. The second kappa shape index (κ2) is 8.15. The molecule has 2 N–H and O–H groups in total. The summed E-state index contributed by atoms with van der Waals surface area (Å²) in [7, 11) is -3.70. The molecule has 9 heteroatoms. The normalized spacial score (nSPS) is 16.3. The average Bonchev–Trinajstić information content (AvgIpc) is 3.18. The van der Waals surface area contributed by atoms with Gasteiger partial charge in [-0.2, -0.15) is 4.72 Å². The van der Waals surface area contributed by atoms with Crippen LogP contribution in [0.3, 0.4) is 0 Å². The lowest BCUT2D eigenvalue weighted by molar-refractivity contribution is -0.117. The van der Waals surface area contributed by atoms with Crippen LogP contribution in [-0.2, 0) is 14.8 Å². The Bertz CT molecular complexity index is 847. The van der Waals surface area contributed by atoms with Crippen LogP contribution in [0.15, 0.2) is 40.1 Å². The van der Waals surface area contributed by atoms with Crippen molar-refractivity contribution in [3.8, 4) is 0 Å². The van der Waals surface area contributed by atoms with Crippen molar-refractivity contribution in [3.05, 3.63) is 35.8 Å². The van der Waals surface area contributed by atoms with Crippen molar-refractivity contribution < 1.29 is 13.2 Å². The zero-order valence-corrected chi connectivity index (χ0v) is 16.1. The minimum Gasteiger partial charge on any atom is -0.355 e. The molecular formula is C17H22N4O3S2. The molecule has 2 aromatic rings. The summed E-state index contributed by atoms with van der Waals surface area (Å²) in [5.74, 6) is 0.310. The molecule has 2 aromatic heterocycles. The number of nitrogens with zero attached hydrogens (tertiary/aromatic N) is 2. The Morgan fingerprint density at radius 3 is 2.69 bits per heavy atom. The van der Waals surface area contributed by atoms with Gasteiger partial charge in [0.25, 0.3) is 10.0 Å². The number of nitrogens with one attached hydrogen (secondary N) is 2. The van der Waals surface area contributed by atoms with E-state index >= 15 is 0 Å².